The number of imidazole rings is 1. The lowest BCUT2D eigenvalue weighted by Gasteiger charge is -2.37. The van der Waals surface area contributed by atoms with Crippen LogP contribution in [-0.4, -0.2) is 63.2 Å². The predicted octanol–water partition coefficient (Wildman–Crippen LogP) is 1.57. The van der Waals surface area contributed by atoms with Gasteiger partial charge in [0, 0.05) is 38.4 Å². The van der Waals surface area contributed by atoms with Crippen molar-refractivity contribution >= 4 is 17.3 Å². The van der Waals surface area contributed by atoms with Crippen LogP contribution in [0.1, 0.15) is 22.6 Å². The van der Waals surface area contributed by atoms with E-state index in [0.29, 0.717) is 19.1 Å². The number of fused-ring (bicyclic) bond motifs is 2. The van der Waals surface area contributed by atoms with Gasteiger partial charge in [-0.2, -0.15) is 0 Å². The topological polar surface area (TPSA) is 70.0 Å². The van der Waals surface area contributed by atoms with E-state index in [-0.39, 0.29) is 6.54 Å². The molecule has 1 fully saturated rings. The summed E-state index contributed by atoms with van der Waals surface area (Å²) >= 11 is 0. The first-order chi connectivity index (χ1) is 15.1. The van der Waals surface area contributed by atoms with E-state index in [1.165, 1.54) is 11.1 Å². The van der Waals surface area contributed by atoms with Crippen LogP contribution in [0.4, 0.5) is 0 Å². The van der Waals surface area contributed by atoms with E-state index >= 15 is 0 Å². The smallest absolute Gasteiger partial charge is 0.311 e. The molecular formula is C24H27N5O2. The number of aromatic nitrogens is 2. The number of hydrogen-bond donors (Lipinski definition) is 1. The summed E-state index contributed by atoms with van der Waals surface area (Å²) < 4.78 is 1.98. The number of aryl methyl sites for hydroxylation is 1. The molecule has 3 aromatic rings. The molecule has 1 aliphatic carbocycles. The van der Waals surface area contributed by atoms with Crippen molar-refractivity contribution in [2.45, 2.75) is 32.4 Å². The third kappa shape index (κ3) is 3.81. The van der Waals surface area contributed by atoms with E-state index in [1.807, 2.05) is 35.7 Å². The van der Waals surface area contributed by atoms with E-state index in [0.717, 1.165) is 43.0 Å². The summed E-state index contributed by atoms with van der Waals surface area (Å²) in [6.07, 6.45) is 4.09. The predicted molar refractivity (Wildman–Crippen MR) is 118 cm³/mol. The Bertz CT molecular complexity index is 1100. The molecule has 0 saturated carbocycles. The van der Waals surface area contributed by atoms with Crippen LogP contribution in [0.2, 0.25) is 0 Å². The standard InChI is InChI=1S/C24H27N5O2/c1-17-26-21(22-8-4-5-9-29(17)22)16-25-23(30)24(31)28-12-10-27(11-13-28)20-14-18-6-2-3-7-19(18)15-20/h2-9,20H,10-16H2,1H3,(H,25,30). The van der Waals surface area contributed by atoms with Gasteiger partial charge in [-0.3, -0.25) is 14.5 Å². The molecule has 2 aromatic heterocycles. The van der Waals surface area contributed by atoms with Crippen molar-refractivity contribution in [1.82, 2.24) is 24.5 Å². The van der Waals surface area contributed by atoms with Gasteiger partial charge in [-0.15, -0.1) is 0 Å². The zero-order valence-corrected chi connectivity index (χ0v) is 17.8. The molecule has 31 heavy (non-hydrogen) atoms. The second kappa shape index (κ2) is 8.15. The van der Waals surface area contributed by atoms with E-state index in [1.54, 1.807) is 4.90 Å². The number of benzene rings is 1. The van der Waals surface area contributed by atoms with Crippen LogP contribution in [0.15, 0.2) is 48.7 Å². The third-order valence-electron chi connectivity index (χ3n) is 6.56. The Morgan fingerprint density at radius 1 is 1.00 bits per heavy atom. The summed E-state index contributed by atoms with van der Waals surface area (Å²) in [5, 5.41) is 2.76. The maximum absolute atomic E-state index is 12.7. The molecule has 0 atom stereocenters. The molecule has 0 unspecified atom stereocenters. The molecule has 2 amide bonds. The first-order valence-electron chi connectivity index (χ1n) is 10.9. The first-order valence-corrected chi connectivity index (χ1v) is 10.9. The van der Waals surface area contributed by atoms with E-state index in [4.69, 9.17) is 0 Å². The number of rotatable bonds is 3. The number of hydrogen-bond acceptors (Lipinski definition) is 4. The highest BCUT2D eigenvalue weighted by Gasteiger charge is 2.31. The largest absolute Gasteiger partial charge is 0.342 e. The summed E-state index contributed by atoms with van der Waals surface area (Å²) in [5.41, 5.74) is 4.59. The molecule has 1 N–H and O–H groups in total. The molecule has 1 aromatic carbocycles. The van der Waals surface area contributed by atoms with Crippen LogP contribution in [0.3, 0.4) is 0 Å². The van der Waals surface area contributed by atoms with Gasteiger partial charge in [0.2, 0.25) is 0 Å². The average Bonchev–Trinajstić information content (AvgIpc) is 3.38. The SMILES string of the molecule is Cc1nc(CNC(=O)C(=O)N2CCN(C3Cc4ccccc4C3)CC2)c2ccccn12. The van der Waals surface area contributed by atoms with Gasteiger partial charge in [0.1, 0.15) is 5.82 Å². The Balaban J connectivity index is 1.14. The minimum Gasteiger partial charge on any atom is -0.342 e. The maximum atomic E-state index is 12.7. The van der Waals surface area contributed by atoms with Crippen LogP contribution in [0, 0.1) is 6.92 Å². The zero-order chi connectivity index (χ0) is 21.4. The van der Waals surface area contributed by atoms with Crippen LogP contribution in [0.25, 0.3) is 5.52 Å². The summed E-state index contributed by atoms with van der Waals surface area (Å²) in [6.45, 7) is 4.96. The molecule has 7 heteroatoms. The van der Waals surface area contributed by atoms with Crippen molar-refractivity contribution in [3.8, 4) is 0 Å². The van der Waals surface area contributed by atoms with E-state index < -0.39 is 11.8 Å². The molecule has 5 rings (SSSR count). The molecule has 2 aliphatic rings. The summed E-state index contributed by atoms with van der Waals surface area (Å²) in [7, 11) is 0. The summed E-state index contributed by atoms with van der Waals surface area (Å²) in [6, 6.07) is 15.0. The number of carbonyl (C=O) groups excluding carboxylic acids is 2. The first kappa shape index (κ1) is 19.8. The zero-order valence-electron chi connectivity index (χ0n) is 17.8. The Morgan fingerprint density at radius 3 is 2.39 bits per heavy atom. The van der Waals surface area contributed by atoms with Crippen LogP contribution in [-0.2, 0) is 29.0 Å². The quantitative estimate of drug-likeness (QED) is 0.657. The monoisotopic (exact) mass is 417 g/mol. The van der Waals surface area contributed by atoms with Gasteiger partial charge in [-0.1, -0.05) is 30.3 Å². The molecule has 1 saturated heterocycles. The van der Waals surface area contributed by atoms with Crippen molar-refractivity contribution in [2.75, 3.05) is 26.2 Å². The lowest BCUT2D eigenvalue weighted by Crippen LogP contribution is -2.54. The van der Waals surface area contributed by atoms with Crippen molar-refractivity contribution in [3.05, 3.63) is 71.3 Å². The second-order valence-corrected chi connectivity index (χ2v) is 8.40. The Labute approximate surface area is 181 Å². The summed E-state index contributed by atoms with van der Waals surface area (Å²) in [5.74, 6) is -0.151. The molecule has 160 valence electrons. The minimum absolute atomic E-state index is 0.242. The van der Waals surface area contributed by atoms with Crippen LogP contribution >= 0.6 is 0 Å². The number of nitrogens with zero attached hydrogens (tertiary/aromatic N) is 4. The molecule has 0 spiro atoms. The Kier molecular flexibility index (Phi) is 5.19. The van der Waals surface area contributed by atoms with E-state index in [2.05, 4.69) is 39.5 Å². The van der Waals surface area contributed by atoms with Gasteiger partial charge in [0.15, 0.2) is 0 Å². The number of piperazine rings is 1. The fraction of sp³-hybridized carbons (Fsp3) is 0.375. The lowest BCUT2D eigenvalue weighted by atomic mass is 10.1. The van der Waals surface area contributed by atoms with Gasteiger partial charge in [-0.25, -0.2) is 4.98 Å². The highest BCUT2D eigenvalue weighted by atomic mass is 16.2. The van der Waals surface area contributed by atoms with Crippen molar-refractivity contribution in [3.63, 3.8) is 0 Å². The van der Waals surface area contributed by atoms with Gasteiger partial charge < -0.3 is 14.6 Å². The third-order valence-corrected chi connectivity index (χ3v) is 6.56. The van der Waals surface area contributed by atoms with Crippen molar-refractivity contribution in [2.24, 2.45) is 0 Å². The van der Waals surface area contributed by atoms with Crippen molar-refractivity contribution < 1.29 is 9.59 Å². The molecule has 1 aliphatic heterocycles. The molecule has 3 heterocycles. The number of carbonyl (C=O) groups is 2. The highest BCUT2D eigenvalue weighted by molar-refractivity contribution is 6.35. The molecule has 7 nitrogen and oxygen atoms in total. The number of amides is 2. The van der Waals surface area contributed by atoms with Crippen molar-refractivity contribution in [1.29, 1.82) is 0 Å². The normalized spacial score (nSPS) is 17.1. The second-order valence-electron chi connectivity index (χ2n) is 8.40. The van der Waals surface area contributed by atoms with Gasteiger partial charge in [0.25, 0.3) is 0 Å². The van der Waals surface area contributed by atoms with Gasteiger partial charge in [0.05, 0.1) is 17.8 Å². The van der Waals surface area contributed by atoms with Crippen LogP contribution < -0.4 is 5.32 Å². The summed E-state index contributed by atoms with van der Waals surface area (Å²) in [4.78, 5) is 33.8. The fourth-order valence-electron chi connectivity index (χ4n) is 4.86. The van der Waals surface area contributed by atoms with Gasteiger partial charge >= 0.3 is 11.8 Å². The number of pyridine rings is 1. The highest BCUT2D eigenvalue weighted by Crippen LogP contribution is 2.26. The molecule has 0 radical (unpaired) electrons. The fourth-order valence-corrected chi connectivity index (χ4v) is 4.86. The number of nitrogens with one attached hydrogen (secondary N) is 1. The van der Waals surface area contributed by atoms with E-state index in [9.17, 15) is 9.59 Å². The lowest BCUT2D eigenvalue weighted by molar-refractivity contribution is -0.147. The van der Waals surface area contributed by atoms with Crippen LogP contribution in [0.5, 0.6) is 0 Å². The maximum Gasteiger partial charge on any atom is 0.311 e. The Hall–Kier alpha value is -3.19. The Morgan fingerprint density at radius 2 is 1.68 bits per heavy atom. The minimum atomic E-state index is -0.559. The molecule has 0 bridgehead atoms. The molecular weight excluding hydrogens is 390 g/mol. The van der Waals surface area contributed by atoms with Gasteiger partial charge in [-0.05, 0) is 43.0 Å². The average molecular weight is 418 g/mol.